The van der Waals surface area contributed by atoms with Crippen molar-refractivity contribution in [1.82, 2.24) is 10.6 Å². The zero-order valence-electron chi connectivity index (χ0n) is 10.4. The molecule has 1 saturated heterocycles. The summed E-state index contributed by atoms with van der Waals surface area (Å²) in [7, 11) is 0. The number of amides is 1. The Hall–Kier alpha value is -1.10. The lowest BCUT2D eigenvalue weighted by atomic mass is 10.1. The average Bonchev–Trinajstić information content (AvgIpc) is 2.56. The molecule has 0 bridgehead atoms. The molecule has 0 aliphatic carbocycles. The van der Waals surface area contributed by atoms with Crippen LogP contribution in [0, 0.1) is 0 Å². The van der Waals surface area contributed by atoms with Crippen molar-refractivity contribution < 1.29 is 14.7 Å². The Morgan fingerprint density at radius 1 is 1.41 bits per heavy atom. The number of carbonyl (C=O) groups excluding carboxylic acids is 1. The van der Waals surface area contributed by atoms with Crippen molar-refractivity contribution >= 4 is 11.9 Å². The van der Waals surface area contributed by atoms with Gasteiger partial charge in [-0.3, -0.25) is 4.79 Å². The van der Waals surface area contributed by atoms with Gasteiger partial charge in [-0.1, -0.05) is 26.2 Å². The van der Waals surface area contributed by atoms with Gasteiger partial charge >= 0.3 is 5.97 Å². The van der Waals surface area contributed by atoms with E-state index in [1.807, 2.05) is 6.92 Å². The van der Waals surface area contributed by atoms with E-state index in [4.69, 9.17) is 5.11 Å². The molecular weight excluding hydrogens is 220 g/mol. The highest BCUT2D eigenvalue weighted by Crippen LogP contribution is 2.09. The van der Waals surface area contributed by atoms with Crippen LogP contribution in [0.5, 0.6) is 0 Å². The van der Waals surface area contributed by atoms with Crippen LogP contribution < -0.4 is 10.6 Å². The van der Waals surface area contributed by atoms with Crippen LogP contribution in [0.25, 0.3) is 0 Å². The molecular formula is C12H22N2O3. The first-order chi connectivity index (χ1) is 8.15. The van der Waals surface area contributed by atoms with Crippen LogP contribution in [0.4, 0.5) is 0 Å². The minimum absolute atomic E-state index is 0.173. The van der Waals surface area contributed by atoms with Crippen LogP contribution in [0.2, 0.25) is 0 Å². The number of carboxylic acid groups (broad SMARTS) is 1. The van der Waals surface area contributed by atoms with E-state index >= 15 is 0 Å². The first-order valence-corrected chi connectivity index (χ1v) is 6.41. The number of aliphatic carboxylic acids is 1. The fourth-order valence-corrected chi connectivity index (χ4v) is 2.07. The van der Waals surface area contributed by atoms with Gasteiger partial charge in [-0.2, -0.15) is 0 Å². The molecule has 0 aromatic heterocycles. The molecule has 1 aliphatic heterocycles. The van der Waals surface area contributed by atoms with Crippen LogP contribution in [-0.4, -0.2) is 35.6 Å². The van der Waals surface area contributed by atoms with Crippen molar-refractivity contribution in [3.63, 3.8) is 0 Å². The molecule has 0 aromatic rings. The summed E-state index contributed by atoms with van der Waals surface area (Å²) in [5.41, 5.74) is 0. The van der Waals surface area contributed by atoms with E-state index in [2.05, 4.69) is 10.6 Å². The quantitative estimate of drug-likeness (QED) is 0.669. The highest BCUT2D eigenvalue weighted by atomic mass is 16.4. The Kier molecular flexibility index (Phi) is 5.97. The van der Waals surface area contributed by atoms with E-state index in [9.17, 15) is 9.59 Å². The third kappa shape index (κ3) is 4.73. The second-order valence-electron chi connectivity index (χ2n) is 4.54. The zero-order valence-corrected chi connectivity index (χ0v) is 10.4. The van der Waals surface area contributed by atoms with Gasteiger partial charge in [-0.15, -0.1) is 0 Å². The standard InChI is InChI=1S/C12H22N2O3/c1-2-6-10(12(16)17)14-11(15)9-7-4-3-5-8-13-9/h9-10,13H,2-8H2,1H3,(H,14,15)(H,16,17). The molecule has 5 heteroatoms. The van der Waals surface area contributed by atoms with Gasteiger partial charge in [0.1, 0.15) is 6.04 Å². The summed E-state index contributed by atoms with van der Waals surface area (Å²) in [5, 5.41) is 14.7. The summed E-state index contributed by atoms with van der Waals surface area (Å²) in [6.07, 6.45) is 5.26. The fraction of sp³-hybridized carbons (Fsp3) is 0.833. The van der Waals surface area contributed by atoms with Crippen LogP contribution in [-0.2, 0) is 9.59 Å². The van der Waals surface area contributed by atoms with E-state index in [1.165, 1.54) is 0 Å². The predicted octanol–water partition coefficient (Wildman–Crippen LogP) is 0.888. The summed E-state index contributed by atoms with van der Waals surface area (Å²) in [6.45, 7) is 2.75. The number of carbonyl (C=O) groups is 2. The highest BCUT2D eigenvalue weighted by Gasteiger charge is 2.24. The Morgan fingerprint density at radius 2 is 2.18 bits per heavy atom. The summed E-state index contributed by atoms with van der Waals surface area (Å²) in [5.74, 6) is -1.12. The zero-order chi connectivity index (χ0) is 12.7. The highest BCUT2D eigenvalue weighted by molar-refractivity contribution is 5.86. The molecule has 1 aliphatic rings. The van der Waals surface area contributed by atoms with E-state index in [0.717, 1.165) is 38.6 Å². The Bertz CT molecular complexity index is 260. The van der Waals surface area contributed by atoms with E-state index in [-0.39, 0.29) is 11.9 Å². The maximum Gasteiger partial charge on any atom is 0.326 e. The van der Waals surface area contributed by atoms with Crippen LogP contribution in [0.1, 0.15) is 45.4 Å². The van der Waals surface area contributed by atoms with Gasteiger partial charge in [0.2, 0.25) is 5.91 Å². The van der Waals surface area contributed by atoms with Gasteiger partial charge < -0.3 is 15.7 Å². The van der Waals surface area contributed by atoms with Crippen LogP contribution in [0.3, 0.4) is 0 Å². The number of rotatable bonds is 5. The van der Waals surface area contributed by atoms with Crippen molar-refractivity contribution in [3.8, 4) is 0 Å². The molecule has 0 aromatic carbocycles. The van der Waals surface area contributed by atoms with E-state index < -0.39 is 12.0 Å². The van der Waals surface area contributed by atoms with Gasteiger partial charge in [0.05, 0.1) is 6.04 Å². The van der Waals surface area contributed by atoms with Gasteiger partial charge in [0.15, 0.2) is 0 Å². The third-order valence-corrected chi connectivity index (χ3v) is 3.07. The molecule has 1 fully saturated rings. The molecule has 0 saturated carbocycles. The Morgan fingerprint density at radius 3 is 2.82 bits per heavy atom. The molecule has 98 valence electrons. The smallest absolute Gasteiger partial charge is 0.326 e. The molecule has 1 heterocycles. The monoisotopic (exact) mass is 242 g/mol. The lowest BCUT2D eigenvalue weighted by Gasteiger charge is -2.19. The second kappa shape index (κ2) is 7.27. The van der Waals surface area contributed by atoms with Gasteiger partial charge in [-0.25, -0.2) is 4.79 Å². The van der Waals surface area contributed by atoms with Gasteiger partial charge in [0, 0.05) is 0 Å². The van der Waals surface area contributed by atoms with Gasteiger partial charge in [0.25, 0.3) is 0 Å². The largest absolute Gasteiger partial charge is 0.480 e. The van der Waals surface area contributed by atoms with Crippen molar-refractivity contribution in [2.45, 2.75) is 57.5 Å². The number of hydrogen-bond acceptors (Lipinski definition) is 3. The number of nitrogens with one attached hydrogen (secondary N) is 2. The minimum atomic E-state index is -0.950. The maximum atomic E-state index is 11.9. The SMILES string of the molecule is CCCC(NC(=O)C1CCCCCN1)C(=O)O. The summed E-state index contributed by atoms with van der Waals surface area (Å²) in [4.78, 5) is 22.8. The second-order valence-corrected chi connectivity index (χ2v) is 4.54. The third-order valence-electron chi connectivity index (χ3n) is 3.07. The molecule has 5 nitrogen and oxygen atoms in total. The first kappa shape index (κ1) is 14.0. The molecule has 3 N–H and O–H groups in total. The van der Waals surface area contributed by atoms with Crippen molar-refractivity contribution in [3.05, 3.63) is 0 Å². The average molecular weight is 242 g/mol. The first-order valence-electron chi connectivity index (χ1n) is 6.41. The van der Waals surface area contributed by atoms with Crippen molar-refractivity contribution in [2.75, 3.05) is 6.54 Å². The van der Waals surface area contributed by atoms with Crippen LogP contribution in [0.15, 0.2) is 0 Å². The molecule has 0 radical (unpaired) electrons. The topological polar surface area (TPSA) is 78.4 Å². The molecule has 0 spiro atoms. The van der Waals surface area contributed by atoms with Gasteiger partial charge in [-0.05, 0) is 25.8 Å². The van der Waals surface area contributed by atoms with Crippen molar-refractivity contribution in [1.29, 1.82) is 0 Å². The number of hydrogen-bond donors (Lipinski definition) is 3. The molecule has 2 unspecified atom stereocenters. The van der Waals surface area contributed by atoms with Crippen LogP contribution >= 0.6 is 0 Å². The summed E-state index contributed by atoms with van der Waals surface area (Å²) >= 11 is 0. The molecule has 1 rings (SSSR count). The summed E-state index contributed by atoms with van der Waals surface area (Å²) in [6, 6.07) is -0.978. The molecule has 17 heavy (non-hydrogen) atoms. The van der Waals surface area contributed by atoms with Crippen molar-refractivity contribution in [2.24, 2.45) is 0 Å². The normalized spacial score (nSPS) is 22.5. The lowest BCUT2D eigenvalue weighted by molar-refractivity contribution is -0.142. The minimum Gasteiger partial charge on any atom is -0.480 e. The van der Waals surface area contributed by atoms with E-state index in [0.29, 0.717) is 6.42 Å². The molecule has 1 amide bonds. The fourth-order valence-electron chi connectivity index (χ4n) is 2.07. The Labute approximate surface area is 102 Å². The number of carboxylic acids is 1. The Balaban J connectivity index is 2.47. The summed E-state index contributed by atoms with van der Waals surface area (Å²) < 4.78 is 0. The predicted molar refractivity (Wildman–Crippen MR) is 64.7 cm³/mol. The lowest BCUT2D eigenvalue weighted by Crippen LogP contribution is -2.49. The maximum absolute atomic E-state index is 11.9. The van der Waals surface area contributed by atoms with E-state index in [1.54, 1.807) is 0 Å². The molecule has 2 atom stereocenters.